The van der Waals surface area contributed by atoms with Crippen LogP contribution in [0.25, 0.3) is 0 Å². The highest BCUT2D eigenvalue weighted by atomic mass is 79.9. The van der Waals surface area contributed by atoms with Gasteiger partial charge in [-0.2, -0.15) is 0 Å². The molecule has 0 spiro atoms. The molecule has 0 fully saturated rings. The molecule has 0 aromatic heterocycles. The lowest BCUT2D eigenvalue weighted by molar-refractivity contribution is 0.325. The van der Waals surface area contributed by atoms with Crippen molar-refractivity contribution >= 4 is 21.6 Å². The lowest BCUT2D eigenvalue weighted by Gasteiger charge is -2.17. The summed E-state index contributed by atoms with van der Waals surface area (Å²) in [6, 6.07) is 18.9. The smallest absolute Gasteiger partial charge is 0.0340 e. The van der Waals surface area contributed by atoms with E-state index in [0.29, 0.717) is 0 Å². The summed E-state index contributed by atoms with van der Waals surface area (Å²) < 4.78 is 1.15. The van der Waals surface area contributed by atoms with Gasteiger partial charge in [-0.05, 0) is 49.8 Å². The van der Waals surface area contributed by atoms with Crippen molar-refractivity contribution in [2.45, 2.75) is 13.0 Å². The monoisotopic (exact) mass is 332 g/mol. The molecule has 0 saturated carbocycles. The molecule has 0 aliphatic carbocycles. The summed E-state index contributed by atoms with van der Waals surface area (Å²) in [5.74, 6) is 0. The molecular weight excluding hydrogens is 312 g/mol. The third-order valence-corrected chi connectivity index (χ3v) is 3.65. The summed E-state index contributed by atoms with van der Waals surface area (Å²) in [6.07, 6.45) is 1.14. The molecule has 2 aromatic carbocycles. The third-order valence-electron chi connectivity index (χ3n) is 3.16. The van der Waals surface area contributed by atoms with E-state index in [4.69, 9.17) is 0 Å². The van der Waals surface area contributed by atoms with Crippen LogP contribution in [0.5, 0.6) is 0 Å². The lowest BCUT2D eigenvalue weighted by Crippen LogP contribution is -2.21. The van der Waals surface area contributed by atoms with Crippen molar-refractivity contribution in [1.29, 1.82) is 0 Å². The molecule has 0 aliphatic rings. The molecule has 0 aliphatic heterocycles. The van der Waals surface area contributed by atoms with Gasteiger partial charge in [0.1, 0.15) is 0 Å². The fourth-order valence-electron chi connectivity index (χ4n) is 2.16. The topological polar surface area (TPSA) is 15.3 Å². The summed E-state index contributed by atoms with van der Waals surface area (Å²) >= 11 is 3.51. The Morgan fingerprint density at radius 2 is 1.85 bits per heavy atom. The molecule has 0 atom stereocenters. The van der Waals surface area contributed by atoms with E-state index < -0.39 is 0 Å². The van der Waals surface area contributed by atoms with E-state index in [-0.39, 0.29) is 0 Å². The molecule has 0 bridgehead atoms. The summed E-state index contributed by atoms with van der Waals surface area (Å²) in [4.78, 5) is 2.36. The zero-order valence-electron chi connectivity index (χ0n) is 11.8. The maximum absolute atomic E-state index is 3.51. The van der Waals surface area contributed by atoms with Crippen molar-refractivity contribution in [2.75, 3.05) is 25.5 Å². The number of hydrogen-bond donors (Lipinski definition) is 1. The molecule has 106 valence electrons. The maximum Gasteiger partial charge on any atom is 0.0340 e. The fourth-order valence-corrected chi connectivity index (χ4v) is 2.61. The average Bonchev–Trinajstić information content (AvgIpc) is 2.45. The highest BCUT2D eigenvalue weighted by Gasteiger charge is 2.00. The Labute approximate surface area is 129 Å². The van der Waals surface area contributed by atoms with Gasteiger partial charge >= 0.3 is 0 Å². The van der Waals surface area contributed by atoms with Crippen LogP contribution in [0.15, 0.2) is 59.1 Å². The van der Waals surface area contributed by atoms with E-state index in [2.05, 4.69) is 81.7 Å². The van der Waals surface area contributed by atoms with Gasteiger partial charge in [0.25, 0.3) is 0 Å². The van der Waals surface area contributed by atoms with E-state index in [1.165, 1.54) is 11.3 Å². The Bertz CT molecular complexity index is 513. The Hall–Kier alpha value is -1.32. The zero-order chi connectivity index (χ0) is 14.2. The first-order valence-corrected chi connectivity index (χ1v) is 7.75. The van der Waals surface area contributed by atoms with Crippen molar-refractivity contribution in [2.24, 2.45) is 0 Å². The molecule has 0 heterocycles. The molecular formula is C17H21BrN2. The van der Waals surface area contributed by atoms with E-state index in [1.54, 1.807) is 0 Å². The normalized spacial score (nSPS) is 10.8. The minimum atomic E-state index is 0.991. The second-order valence-electron chi connectivity index (χ2n) is 5.01. The Morgan fingerprint density at radius 3 is 2.60 bits per heavy atom. The number of nitrogens with zero attached hydrogens (tertiary/aromatic N) is 1. The van der Waals surface area contributed by atoms with Crippen LogP contribution in [0, 0.1) is 0 Å². The number of hydrogen-bond acceptors (Lipinski definition) is 2. The van der Waals surface area contributed by atoms with Gasteiger partial charge in [-0.1, -0.05) is 46.3 Å². The van der Waals surface area contributed by atoms with Crippen LogP contribution in [0.3, 0.4) is 0 Å². The second kappa shape index (κ2) is 8.08. The Kier molecular flexibility index (Phi) is 6.09. The number of nitrogens with one attached hydrogen (secondary N) is 1. The molecule has 0 saturated heterocycles. The fraction of sp³-hybridized carbons (Fsp3) is 0.294. The lowest BCUT2D eigenvalue weighted by atomic mass is 10.2. The summed E-state index contributed by atoms with van der Waals surface area (Å²) in [7, 11) is 2.17. The largest absolute Gasteiger partial charge is 0.385 e. The van der Waals surface area contributed by atoms with Gasteiger partial charge in [-0.15, -0.1) is 0 Å². The molecule has 1 N–H and O–H groups in total. The van der Waals surface area contributed by atoms with Gasteiger partial charge in [-0.3, -0.25) is 0 Å². The Balaban J connectivity index is 1.66. The molecule has 0 radical (unpaired) electrons. The number of benzene rings is 2. The quantitative estimate of drug-likeness (QED) is 0.757. The summed E-state index contributed by atoms with van der Waals surface area (Å²) in [5, 5.41) is 3.44. The minimum Gasteiger partial charge on any atom is -0.385 e. The van der Waals surface area contributed by atoms with E-state index in [9.17, 15) is 0 Å². The Morgan fingerprint density at radius 1 is 1.05 bits per heavy atom. The van der Waals surface area contributed by atoms with Gasteiger partial charge < -0.3 is 10.2 Å². The third kappa shape index (κ3) is 5.35. The predicted molar refractivity (Wildman–Crippen MR) is 90.0 cm³/mol. The van der Waals surface area contributed by atoms with Crippen LogP contribution < -0.4 is 5.32 Å². The van der Waals surface area contributed by atoms with E-state index >= 15 is 0 Å². The molecule has 3 heteroatoms. The van der Waals surface area contributed by atoms with Gasteiger partial charge in [0, 0.05) is 23.2 Å². The van der Waals surface area contributed by atoms with Gasteiger partial charge in [-0.25, -0.2) is 0 Å². The van der Waals surface area contributed by atoms with Crippen LogP contribution in [0.2, 0.25) is 0 Å². The first-order valence-electron chi connectivity index (χ1n) is 6.96. The van der Waals surface area contributed by atoms with E-state index in [1.807, 2.05) is 6.07 Å². The van der Waals surface area contributed by atoms with Crippen molar-refractivity contribution in [3.8, 4) is 0 Å². The van der Waals surface area contributed by atoms with Crippen LogP contribution in [0.4, 0.5) is 5.69 Å². The van der Waals surface area contributed by atoms with Gasteiger partial charge in [0.05, 0.1) is 0 Å². The standard InChI is InChI=1S/C17H21BrN2/c1-20(14-15-7-5-8-16(18)13-15)12-6-11-19-17-9-3-2-4-10-17/h2-5,7-10,13,19H,6,11-12,14H2,1H3. The summed E-state index contributed by atoms with van der Waals surface area (Å²) in [6.45, 7) is 3.09. The zero-order valence-corrected chi connectivity index (χ0v) is 13.4. The molecule has 20 heavy (non-hydrogen) atoms. The molecule has 0 amide bonds. The van der Waals surface area contributed by atoms with E-state index in [0.717, 1.165) is 30.5 Å². The predicted octanol–water partition coefficient (Wildman–Crippen LogP) is 4.38. The van der Waals surface area contributed by atoms with Crippen LogP contribution >= 0.6 is 15.9 Å². The highest BCUT2D eigenvalue weighted by molar-refractivity contribution is 9.10. The number of anilines is 1. The van der Waals surface area contributed by atoms with Crippen molar-refractivity contribution in [3.05, 3.63) is 64.6 Å². The first kappa shape index (κ1) is 15.1. The van der Waals surface area contributed by atoms with Crippen molar-refractivity contribution < 1.29 is 0 Å². The van der Waals surface area contributed by atoms with Crippen LogP contribution in [-0.4, -0.2) is 25.0 Å². The van der Waals surface area contributed by atoms with Gasteiger partial charge in [0.15, 0.2) is 0 Å². The number of halogens is 1. The molecule has 0 unspecified atom stereocenters. The average molecular weight is 333 g/mol. The second-order valence-corrected chi connectivity index (χ2v) is 5.93. The van der Waals surface area contributed by atoms with Gasteiger partial charge in [0.2, 0.25) is 0 Å². The van der Waals surface area contributed by atoms with Crippen molar-refractivity contribution in [3.63, 3.8) is 0 Å². The SMILES string of the molecule is CN(CCCNc1ccccc1)Cc1cccc(Br)c1. The number of para-hydroxylation sites is 1. The maximum atomic E-state index is 3.51. The molecule has 2 aromatic rings. The molecule has 2 nitrogen and oxygen atoms in total. The minimum absolute atomic E-state index is 0.991. The number of rotatable bonds is 7. The summed E-state index contributed by atoms with van der Waals surface area (Å²) in [5.41, 5.74) is 2.54. The highest BCUT2D eigenvalue weighted by Crippen LogP contribution is 2.13. The van der Waals surface area contributed by atoms with Crippen LogP contribution in [0.1, 0.15) is 12.0 Å². The van der Waals surface area contributed by atoms with Crippen molar-refractivity contribution in [1.82, 2.24) is 4.90 Å². The first-order chi connectivity index (χ1) is 9.74. The van der Waals surface area contributed by atoms with Crippen LogP contribution in [-0.2, 0) is 6.54 Å². The molecule has 2 rings (SSSR count).